The largest absolute Gasteiger partial charge is 0.354 e. The standard InChI is InChI=1S/C29H31Cl4N3O4S/c1-19(2)16-34-29(38)27(13-20-7-5-4-6-8-20)35(17-21-9-10-22(30)14-25(21)32)28(37)18-36(41(3,39)40)23-11-12-24(31)26(33)15-23/h4-12,14-15,19,27H,13,16-18H2,1-3H3,(H,34,38)/t27-/m1/s1. The highest BCUT2D eigenvalue weighted by Gasteiger charge is 2.33. The maximum absolute atomic E-state index is 14.1. The van der Waals surface area contributed by atoms with Crippen molar-refractivity contribution in [2.75, 3.05) is 23.7 Å². The number of amides is 2. The third kappa shape index (κ3) is 9.51. The van der Waals surface area contributed by atoms with Gasteiger partial charge < -0.3 is 10.2 Å². The lowest BCUT2D eigenvalue weighted by Gasteiger charge is -2.34. The van der Waals surface area contributed by atoms with Gasteiger partial charge in [-0.05, 0) is 47.4 Å². The Morgan fingerprint density at radius 3 is 2.15 bits per heavy atom. The zero-order chi connectivity index (χ0) is 30.3. The van der Waals surface area contributed by atoms with Crippen LogP contribution in [0, 0.1) is 5.92 Å². The van der Waals surface area contributed by atoms with E-state index in [9.17, 15) is 18.0 Å². The number of carbonyl (C=O) groups is 2. The number of hydrogen-bond donors (Lipinski definition) is 1. The van der Waals surface area contributed by atoms with Crippen molar-refractivity contribution < 1.29 is 18.0 Å². The number of sulfonamides is 1. The summed E-state index contributed by atoms with van der Waals surface area (Å²) in [6.45, 7) is 3.66. The molecule has 0 unspecified atom stereocenters. The van der Waals surface area contributed by atoms with Crippen molar-refractivity contribution in [1.29, 1.82) is 0 Å². The van der Waals surface area contributed by atoms with Gasteiger partial charge in [-0.3, -0.25) is 13.9 Å². The van der Waals surface area contributed by atoms with E-state index in [1.807, 2.05) is 44.2 Å². The molecule has 0 bridgehead atoms. The predicted octanol–water partition coefficient (Wildman–Crippen LogP) is 6.48. The average molecular weight is 659 g/mol. The number of nitrogens with zero attached hydrogens (tertiary/aromatic N) is 2. The van der Waals surface area contributed by atoms with Gasteiger partial charge in [0, 0.05) is 29.6 Å². The molecule has 0 aliphatic rings. The molecule has 3 aromatic carbocycles. The van der Waals surface area contributed by atoms with E-state index in [0.29, 0.717) is 22.2 Å². The van der Waals surface area contributed by atoms with Crippen LogP contribution < -0.4 is 9.62 Å². The van der Waals surface area contributed by atoms with E-state index in [0.717, 1.165) is 16.1 Å². The fraction of sp³-hybridized carbons (Fsp3) is 0.310. The molecule has 12 heteroatoms. The number of anilines is 1. The minimum atomic E-state index is -3.95. The fourth-order valence-electron chi connectivity index (χ4n) is 4.06. The predicted molar refractivity (Wildman–Crippen MR) is 167 cm³/mol. The maximum atomic E-state index is 14.1. The van der Waals surface area contributed by atoms with Gasteiger partial charge in [0.2, 0.25) is 21.8 Å². The molecule has 1 atom stereocenters. The van der Waals surface area contributed by atoms with Crippen molar-refractivity contribution >= 4 is 73.9 Å². The lowest BCUT2D eigenvalue weighted by molar-refractivity contribution is -0.140. The Morgan fingerprint density at radius 2 is 1.56 bits per heavy atom. The van der Waals surface area contributed by atoms with Crippen molar-refractivity contribution in [2.45, 2.75) is 32.9 Å². The number of rotatable bonds is 12. The summed E-state index contributed by atoms with van der Waals surface area (Å²) in [5, 5.41) is 4.01. The van der Waals surface area contributed by atoms with E-state index in [2.05, 4.69) is 5.32 Å². The molecule has 0 radical (unpaired) electrons. The third-order valence-electron chi connectivity index (χ3n) is 6.18. The van der Waals surface area contributed by atoms with Crippen molar-refractivity contribution in [3.63, 3.8) is 0 Å². The van der Waals surface area contributed by atoms with Crippen LogP contribution in [-0.2, 0) is 32.6 Å². The average Bonchev–Trinajstić information content (AvgIpc) is 2.90. The number of hydrogen-bond acceptors (Lipinski definition) is 4. The van der Waals surface area contributed by atoms with Gasteiger partial charge in [-0.15, -0.1) is 0 Å². The van der Waals surface area contributed by atoms with E-state index in [-0.39, 0.29) is 40.5 Å². The lowest BCUT2D eigenvalue weighted by Crippen LogP contribution is -2.53. The summed E-state index contributed by atoms with van der Waals surface area (Å²) in [6, 6.07) is 17.4. The number of benzene rings is 3. The molecule has 0 fully saturated rings. The Kier molecular flexibility index (Phi) is 11.8. The van der Waals surface area contributed by atoms with Crippen LogP contribution in [0.1, 0.15) is 25.0 Å². The van der Waals surface area contributed by atoms with E-state index < -0.39 is 28.5 Å². The molecule has 0 spiro atoms. The minimum Gasteiger partial charge on any atom is -0.354 e. The van der Waals surface area contributed by atoms with Crippen molar-refractivity contribution in [3.05, 3.63) is 97.9 Å². The topological polar surface area (TPSA) is 86.8 Å². The molecule has 0 heterocycles. The van der Waals surface area contributed by atoms with Gasteiger partial charge in [0.15, 0.2) is 0 Å². The molecule has 3 aromatic rings. The Labute approximate surface area is 261 Å². The second-order valence-corrected chi connectivity index (χ2v) is 13.5. The molecule has 2 amide bonds. The van der Waals surface area contributed by atoms with Crippen LogP contribution in [0.4, 0.5) is 5.69 Å². The van der Waals surface area contributed by atoms with Crippen molar-refractivity contribution in [2.24, 2.45) is 5.92 Å². The smallest absolute Gasteiger partial charge is 0.244 e. The quantitative estimate of drug-likeness (QED) is 0.241. The van der Waals surface area contributed by atoms with Crippen molar-refractivity contribution in [3.8, 4) is 0 Å². The molecular weight excluding hydrogens is 628 g/mol. The van der Waals surface area contributed by atoms with Crippen LogP contribution in [-0.4, -0.2) is 50.5 Å². The normalized spacial score (nSPS) is 12.2. The highest BCUT2D eigenvalue weighted by Crippen LogP contribution is 2.29. The molecule has 220 valence electrons. The summed E-state index contributed by atoms with van der Waals surface area (Å²) in [6.07, 6.45) is 1.17. The van der Waals surface area contributed by atoms with Gasteiger partial charge in [0.05, 0.1) is 22.0 Å². The highest BCUT2D eigenvalue weighted by molar-refractivity contribution is 7.92. The second-order valence-electron chi connectivity index (χ2n) is 9.97. The van der Waals surface area contributed by atoms with Gasteiger partial charge in [-0.25, -0.2) is 8.42 Å². The zero-order valence-electron chi connectivity index (χ0n) is 22.8. The summed E-state index contributed by atoms with van der Waals surface area (Å²) in [5.74, 6) is -0.823. The van der Waals surface area contributed by atoms with Crippen LogP contribution in [0.3, 0.4) is 0 Å². The third-order valence-corrected chi connectivity index (χ3v) is 8.65. The molecule has 3 rings (SSSR count). The van der Waals surface area contributed by atoms with Crippen molar-refractivity contribution in [1.82, 2.24) is 10.2 Å². The van der Waals surface area contributed by atoms with E-state index in [4.69, 9.17) is 46.4 Å². The van der Waals surface area contributed by atoms with Crippen LogP contribution in [0.25, 0.3) is 0 Å². The van der Waals surface area contributed by atoms with Gasteiger partial charge in [0.25, 0.3) is 0 Å². The number of carbonyl (C=O) groups excluding carboxylic acids is 2. The molecule has 0 aromatic heterocycles. The molecule has 1 N–H and O–H groups in total. The van der Waals surface area contributed by atoms with Crippen LogP contribution >= 0.6 is 46.4 Å². The first-order chi connectivity index (χ1) is 19.3. The monoisotopic (exact) mass is 657 g/mol. The number of halogens is 4. The minimum absolute atomic E-state index is 0.0690. The van der Waals surface area contributed by atoms with Crippen LogP contribution in [0.15, 0.2) is 66.7 Å². The zero-order valence-corrected chi connectivity index (χ0v) is 26.6. The molecule has 0 saturated heterocycles. The highest BCUT2D eigenvalue weighted by atomic mass is 35.5. The van der Waals surface area contributed by atoms with E-state index >= 15 is 0 Å². The second kappa shape index (κ2) is 14.6. The summed E-state index contributed by atoms with van der Waals surface area (Å²) < 4.78 is 26.7. The van der Waals surface area contributed by atoms with Gasteiger partial charge in [-0.2, -0.15) is 0 Å². The first kappa shape index (κ1) is 33.0. The molecule has 0 aliphatic carbocycles. The summed E-state index contributed by atoms with van der Waals surface area (Å²) in [4.78, 5) is 29.1. The molecule has 41 heavy (non-hydrogen) atoms. The lowest BCUT2D eigenvalue weighted by atomic mass is 10.0. The molecule has 7 nitrogen and oxygen atoms in total. The Bertz CT molecular complexity index is 1490. The molecular formula is C29H31Cl4N3O4S. The first-order valence-electron chi connectivity index (χ1n) is 12.7. The Hall–Kier alpha value is -2.49. The molecule has 0 saturated carbocycles. The van der Waals surface area contributed by atoms with Crippen LogP contribution in [0.5, 0.6) is 0 Å². The number of nitrogens with one attached hydrogen (secondary N) is 1. The first-order valence-corrected chi connectivity index (χ1v) is 16.1. The maximum Gasteiger partial charge on any atom is 0.244 e. The van der Waals surface area contributed by atoms with Gasteiger partial charge >= 0.3 is 0 Å². The summed E-state index contributed by atoms with van der Waals surface area (Å²) in [7, 11) is -3.95. The Morgan fingerprint density at radius 1 is 0.878 bits per heavy atom. The van der Waals surface area contributed by atoms with E-state index in [1.54, 1.807) is 18.2 Å². The fourth-order valence-corrected chi connectivity index (χ4v) is 5.67. The molecule has 0 aliphatic heterocycles. The SMILES string of the molecule is CC(C)CNC(=O)[C@@H](Cc1ccccc1)N(Cc1ccc(Cl)cc1Cl)C(=O)CN(c1ccc(Cl)c(Cl)c1)S(C)(=O)=O. The van der Waals surface area contributed by atoms with E-state index in [1.165, 1.54) is 23.1 Å². The van der Waals surface area contributed by atoms with Crippen LogP contribution in [0.2, 0.25) is 20.1 Å². The van der Waals surface area contributed by atoms with Gasteiger partial charge in [0.1, 0.15) is 12.6 Å². The van der Waals surface area contributed by atoms with Gasteiger partial charge in [-0.1, -0.05) is 96.6 Å². The summed E-state index contributed by atoms with van der Waals surface area (Å²) in [5.41, 5.74) is 1.52. The Balaban J connectivity index is 2.08. The summed E-state index contributed by atoms with van der Waals surface area (Å²) >= 11 is 24.8.